The molecule has 1 aliphatic heterocycles. The van der Waals surface area contributed by atoms with Crippen molar-refractivity contribution < 1.29 is 4.79 Å². The number of halogens is 1. The Kier molecular flexibility index (Phi) is 4.34. The second-order valence-electron chi connectivity index (χ2n) is 6.18. The van der Waals surface area contributed by atoms with E-state index in [1.54, 1.807) is 42.7 Å². The van der Waals surface area contributed by atoms with E-state index in [0.717, 1.165) is 18.8 Å². The van der Waals surface area contributed by atoms with Gasteiger partial charge in [0, 0.05) is 31.5 Å². The SMILES string of the molecule is O=C(Cn1nc2ccccn2c1=O)NC1CCN(c2ncccc2Cl)C1. The summed E-state index contributed by atoms with van der Waals surface area (Å²) in [5.74, 6) is 0.483. The van der Waals surface area contributed by atoms with E-state index >= 15 is 0 Å². The molecule has 0 saturated carbocycles. The molecule has 3 aromatic rings. The van der Waals surface area contributed by atoms with Gasteiger partial charge in [0.25, 0.3) is 0 Å². The molecule has 26 heavy (non-hydrogen) atoms. The molecule has 4 rings (SSSR count). The van der Waals surface area contributed by atoms with Gasteiger partial charge in [-0.05, 0) is 30.7 Å². The molecule has 0 aliphatic carbocycles. The third kappa shape index (κ3) is 3.15. The van der Waals surface area contributed by atoms with Gasteiger partial charge in [-0.15, -0.1) is 5.10 Å². The van der Waals surface area contributed by atoms with Crippen molar-refractivity contribution in [1.29, 1.82) is 0 Å². The van der Waals surface area contributed by atoms with Crippen molar-refractivity contribution in [2.24, 2.45) is 0 Å². The molecule has 0 spiro atoms. The van der Waals surface area contributed by atoms with Crippen LogP contribution in [0, 0.1) is 0 Å². The summed E-state index contributed by atoms with van der Waals surface area (Å²) in [6.45, 7) is 1.28. The lowest BCUT2D eigenvalue weighted by Crippen LogP contribution is -2.40. The Labute approximate surface area is 154 Å². The summed E-state index contributed by atoms with van der Waals surface area (Å²) in [4.78, 5) is 30.9. The van der Waals surface area contributed by atoms with E-state index in [1.165, 1.54) is 9.08 Å². The molecule has 0 bridgehead atoms. The number of rotatable bonds is 4. The predicted octanol–water partition coefficient (Wildman–Crippen LogP) is 0.939. The number of carbonyl (C=O) groups excluding carboxylic acids is 1. The van der Waals surface area contributed by atoms with Crippen molar-refractivity contribution in [3.63, 3.8) is 0 Å². The van der Waals surface area contributed by atoms with Crippen LogP contribution in [-0.2, 0) is 11.3 Å². The highest BCUT2D eigenvalue weighted by Gasteiger charge is 2.26. The molecule has 4 heterocycles. The minimum absolute atomic E-state index is 0.0201. The Balaban J connectivity index is 1.40. The molecule has 8 nitrogen and oxygen atoms in total. The minimum Gasteiger partial charge on any atom is -0.353 e. The van der Waals surface area contributed by atoms with Crippen LogP contribution in [0.1, 0.15) is 6.42 Å². The highest BCUT2D eigenvalue weighted by Crippen LogP contribution is 2.25. The Morgan fingerprint density at radius 3 is 3.00 bits per heavy atom. The number of hydrogen-bond acceptors (Lipinski definition) is 5. The summed E-state index contributed by atoms with van der Waals surface area (Å²) in [6, 6.07) is 8.83. The summed E-state index contributed by atoms with van der Waals surface area (Å²) >= 11 is 6.18. The first-order valence-corrected chi connectivity index (χ1v) is 8.68. The van der Waals surface area contributed by atoms with Crippen LogP contribution in [0.4, 0.5) is 5.82 Å². The third-order valence-electron chi connectivity index (χ3n) is 4.37. The quantitative estimate of drug-likeness (QED) is 0.736. The van der Waals surface area contributed by atoms with Crippen molar-refractivity contribution >= 4 is 29.0 Å². The van der Waals surface area contributed by atoms with Crippen molar-refractivity contribution in [2.75, 3.05) is 18.0 Å². The van der Waals surface area contributed by atoms with Crippen LogP contribution >= 0.6 is 11.6 Å². The average molecular weight is 373 g/mol. The second kappa shape index (κ2) is 6.80. The molecular formula is C17H17ClN6O2. The molecule has 3 aromatic heterocycles. The highest BCUT2D eigenvalue weighted by atomic mass is 35.5. The van der Waals surface area contributed by atoms with E-state index in [0.29, 0.717) is 17.2 Å². The lowest BCUT2D eigenvalue weighted by molar-refractivity contribution is -0.122. The Hall–Kier alpha value is -2.87. The zero-order chi connectivity index (χ0) is 18.1. The summed E-state index contributed by atoms with van der Waals surface area (Å²) in [6.07, 6.45) is 4.12. The Morgan fingerprint density at radius 1 is 1.31 bits per heavy atom. The number of carbonyl (C=O) groups is 1. The molecule has 1 unspecified atom stereocenters. The summed E-state index contributed by atoms with van der Waals surface area (Å²) in [7, 11) is 0. The number of aromatic nitrogens is 4. The number of anilines is 1. The van der Waals surface area contributed by atoms with Gasteiger partial charge in [-0.25, -0.2) is 14.5 Å². The molecule has 0 aromatic carbocycles. The average Bonchev–Trinajstić information content (AvgIpc) is 3.21. The Morgan fingerprint density at radius 2 is 2.19 bits per heavy atom. The predicted molar refractivity (Wildman–Crippen MR) is 97.5 cm³/mol. The van der Waals surface area contributed by atoms with Crippen LogP contribution in [0.25, 0.3) is 5.65 Å². The van der Waals surface area contributed by atoms with Gasteiger partial charge in [0.1, 0.15) is 12.4 Å². The van der Waals surface area contributed by atoms with Gasteiger partial charge in [-0.3, -0.25) is 9.20 Å². The fourth-order valence-corrected chi connectivity index (χ4v) is 3.40. The fraction of sp³-hybridized carbons (Fsp3) is 0.294. The molecule has 134 valence electrons. The molecule has 0 radical (unpaired) electrons. The van der Waals surface area contributed by atoms with Crippen molar-refractivity contribution in [1.82, 2.24) is 24.5 Å². The smallest absolute Gasteiger partial charge is 0.350 e. The third-order valence-corrected chi connectivity index (χ3v) is 4.67. The van der Waals surface area contributed by atoms with E-state index in [4.69, 9.17) is 11.6 Å². The molecule has 1 N–H and O–H groups in total. The first-order valence-electron chi connectivity index (χ1n) is 8.31. The van der Waals surface area contributed by atoms with Crippen LogP contribution in [0.15, 0.2) is 47.5 Å². The standard InChI is InChI=1S/C17H17ClN6O2/c18-13-4-3-7-19-16(13)22-9-6-12(10-22)20-15(25)11-24-17(26)23-8-2-1-5-14(23)21-24/h1-5,7-8,12H,6,9-11H2,(H,20,25). The maximum Gasteiger partial charge on any atom is 0.350 e. The van der Waals surface area contributed by atoms with Crippen molar-refractivity contribution in [2.45, 2.75) is 19.0 Å². The van der Waals surface area contributed by atoms with Crippen LogP contribution in [0.5, 0.6) is 0 Å². The number of amides is 1. The lowest BCUT2D eigenvalue weighted by atomic mass is 10.2. The lowest BCUT2D eigenvalue weighted by Gasteiger charge is -2.18. The molecule has 1 fully saturated rings. The van der Waals surface area contributed by atoms with Gasteiger partial charge >= 0.3 is 5.69 Å². The van der Waals surface area contributed by atoms with Crippen LogP contribution in [0.3, 0.4) is 0 Å². The van der Waals surface area contributed by atoms with Crippen LogP contribution < -0.4 is 15.9 Å². The van der Waals surface area contributed by atoms with Gasteiger partial charge < -0.3 is 10.2 Å². The molecule has 1 aliphatic rings. The number of nitrogens with zero attached hydrogens (tertiary/aromatic N) is 5. The number of fused-ring (bicyclic) bond motifs is 1. The number of hydrogen-bond donors (Lipinski definition) is 1. The number of nitrogens with one attached hydrogen (secondary N) is 1. The summed E-state index contributed by atoms with van der Waals surface area (Å²) in [5.41, 5.74) is 0.186. The maximum absolute atomic E-state index is 12.3. The molecular weight excluding hydrogens is 356 g/mol. The topological polar surface area (TPSA) is 84.5 Å². The van der Waals surface area contributed by atoms with E-state index < -0.39 is 0 Å². The van der Waals surface area contributed by atoms with Gasteiger partial charge in [0.15, 0.2) is 5.65 Å². The second-order valence-corrected chi connectivity index (χ2v) is 6.58. The molecule has 1 amide bonds. The van der Waals surface area contributed by atoms with Crippen LogP contribution in [-0.4, -0.2) is 44.2 Å². The fourth-order valence-electron chi connectivity index (χ4n) is 3.16. The normalized spacial score (nSPS) is 17.0. The Bertz CT molecular complexity index is 1010. The first kappa shape index (κ1) is 16.6. The van der Waals surface area contributed by atoms with Crippen molar-refractivity contribution in [3.05, 3.63) is 58.2 Å². The zero-order valence-corrected chi connectivity index (χ0v) is 14.6. The van der Waals surface area contributed by atoms with E-state index in [1.807, 2.05) is 4.90 Å². The molecule has 1 saturated heterocycles. The van der Waals surface area contributed by atoms with Gasteiger partial charge in [-0.1, -0.05) is 17.7 Å². The van der Waals surface area contributed by atoms with Gasteiger partial charge in [-0.2, -0.15) is 0 Å². The number of pyridine rings is 2. The highest BCUT2D eigenvalue weighted by molar-refractivity contribution is 6.32. The molecule has 1 atom stereocenters. The van der Waals surface area contributed by atoms with E-state index in [9.17, 15) is 9.59 Å². The largest absolute Gasteiger partial charge is 0.353 e. The summed E-state index contributed by atoms with van der Waals surface area (Å²) in [5, 5.41) is 7.72. The van der Waals surface area contributed by atoms with Crippen LogP contribution in [0.2, 0.25) is 5.02 Å². The summed E-state index contributed by atoms with van der Waals surface area (Å²) < 4.78 is 2.58. The zero-order valence-electron chi connectivity index (χ0n) is 13.9. The maximum atomic E-state index is 12.3. The minimum atomic E-state index is -0.330. The van der Waals surface area contributed by atoms with Gasteiger partial charge in [0.05, 0.1) is 5.02 Å². The van der Waals surface area contributed by atoms with E-state index in [2.05, 4.69) is 15.4 Å². The monoisotopic (exact) mass is 372 g/mol. The van der Waals surface area contributed by atoms with Gasteiger partial charge in [0.2, 0.25) is 5.91 Å². The molecule has 9 heteroatoms. The van der Waals surface area contributed by atoms with Crippen molar-refractivity contribution in [3.8, 4) is 0 Å². The first-order chi connectivity index (χ1) is 12.6. The van der Waals surface area contributed by atoms with E-state index in [-0.39, 0.29) is 24.2 Å².